The van der Waals surface area contributed by atoms with Gasteiger partial charge in [0.1, 0.15) is 12.5 Å². The van der Waals surface area contributed by atoms with Gasteiger partial charge in [-0.05, 0) is 62.2 Å². The van der Waals surface area contributed by atoms with Gasteiger partial charge in [-0.25, -0.2) is 0 Å². The van der Waals surface area contributed by atoms with Crippen molar-refractivity contribution in [3.8, 4) is 5.75 Å². The Kier molecular flexibility index (Phi) is 4.15. The van der Waals surface area contributed by atoms with E-state index in [0.717, 1.165) is 28.2 Å². The maximum absolute atomic E-state index is 9.65. The third-order valence-electron chi connectivity index (χ3n) is 3.25. The quantitative estimate of drug-likeness (QED) is 0.510. The van der Waals surface area contributed by atoms with E-state index >= 15 is 0 Å². The summed E-state index contributed by atoms with van der Waals surface area (Å²) in [6, 6.07) is 7.13. The van der Waals surface area contributed by atoms with Crippen LogP contribution >= 0.6 is 0 Å². The fraction of sp³-hybridized carbons (Fsp3) is 0.250. The molecule has 2 aromatic rings. The second-order valence-electron chi connectivity index (χ2n) is 4.94. The lowest BCUT2D eigenvalue weighted by atomic mass is 10.0. The zero-order valence-corrected chi connectivity index (χ0v) is 12.0. The van der Waals surface area contributed by atoms with Gasteiger partial charge in [0.2, 0.25) is 0 Å². The van der Waals surface area contributed by atoms with E-state index in [0.29, 0.717) is 0 Å². The molecule has 4 heteroatoms. The Morgan fingerprint density at radius 1 is 1.30 bits per heavy atom. The first-order valence-corrected chi connectivity index (χ1v) is 6.54. The number of nitrogens with one attached hydrogen (secondary N) is 2. The minimum Gasteiger partial charge on any atom is -0.508 e. The van der Waals surface area contributed by atoms with E-state index in [9.17, 15) is 5.11 Å². The lowest BCUT2D eigenvalue weighted by Crippen LogP contribution is -2.02. The monoisotopic (exact) mass is 272 g/mol. The van der Waals surface area contributed by atoms with E-state index in [1.54, 1.807) is 18.2 Å². The number of phenols is 1. The first-order chi connectivity index (χ1) is 9.51. The topological polar surface area (TPSA) is 68.3 Å². The Balaban J connectivity index is 2.44. The fourth-order valence-corrected chi connectivity index (χ4v) is 2.29. The third kappa shape index (κ3) is 3.03. The van der Waals surface area contributed by atoms with Crippen LogP contribution in [-0.2, 0) is 0 Å². The first-order valence-electron chi connectivity index (χ1n) is 6.54. The van der Waals surface area contributed by atoms with Crippen LogP contribution in [0.3, 0.4) is 0 Å². The van der Waals surface area contributed by atoms with Crippen molar-refractivity contribution in [3.05, 3.63) is 46.8 Å². The molecule has 1 heterocycles. The van der Waals surface area contributed by atoms with Crippen molar-refractivity contribution in [3.63, 3.8) is 0 Å². The van der Waals surface area contributed by atoms with Crippen LogP contribution in [0.15, 0.2) is 24.3 Å². The molecule has 0 bridgehead atoms. The van der Waals surface area contributed by atoms with Crippen LogP contribution in [0.1, 0.15) is 29.4 Å². The Morgan fingerprint density at radius 2 is 2.05 bits per heavy atom. The molecule has 1 aromatic carbocycles. The van der Waals surface area contributed by atoms with Crippen LogP contribution < -0.4 is 5.32 Å². The summed E-state index contributed by atoms with van der Waals surface area (Å²) in [4.78, 5) is 3.30. The Bertz CT molecular complexity index is 642. The zero-order valence-electron chi connectivity index (χ0n) is 12.0. The molecule has 0 radical (unpaired) electrons. The molecule has 0 aliphatic rings. The lowest BCUT2D eigenvalue weighted by molar-refractivity contribution is 0.325. The highest BCUT2D eigenvalue weighted by Crippen LogP contribution is 2.29. The van der Waals surface area contributed by atoms with Gasteiger partial charge in [0.25, 0.3) is 0 Å². The number of allylic oxidation sites excluding steroid dienone is 1. The molecule has 0 atom stereocenters. The standard InChI is InChI=1S/C16H20N2O2/c1-10(7-16-11(2)6-12(3)18-16)14-8-13(20)4-5-15(14)17-9-19/h4-8,17-20H,9H2,1-3H3/b10-7+. The summed E-state index contributed by atoms with van der Waals surface area (Å²) in [5.74, 6) is 0.204. The van der Waals surface area contributed by atoms with Gasteiger partial charge in [-0.2, -0.15) is 0 Å². The van der Waals surface area contributed by atoms with E-state index in [-0.39, 0.29) is 12.5 Å². The van der Waals surface area contributed by atoms with Gasteiger partial charge < -0.3 is 20.5 Å². The first kappa shape index (κ1) is 14.2. The number of aryl methyl sites for hydroxylation is 2. The summed E-state index contributed by atoms with van der Waals surface area (Å²) >= 11 is 0. The van der Waals surface area contributed by atoms with Crippen molar-refractivity contribution < 1.29 is 10.2 Å². The normalized spacial score (nSPS) is 11.7. The van der Waals surface area contributed by atoms with Crippen molar-refractivity contribution in [1.29, 1.82) is 0 Å². The molecular weight excluding hydrogens is 252 g/mol. The highest BCUT2D eigenvalue weighted by Gasteiger charge is 2.07. The number of phenolic OH excluding ortho intramolecular Hbond substituents is 1. The summed E-state index contributed by atoms with van der Waals surface area (Å²) < 4.78 is 0. The van der Waals surface area contributed by atoms with Gasteiger partial charge in [-0.1, -0.05) is 0 Å². The number of anilines is 1. The predicted molar refractivity (Wildman–Crippen MR) is 82.6 cm³/mol. The largest absolute Gasteiger partial charge is 0.508 e. The maximum atomic E-state index is 9.65. The van der Waals surface area contributed by atoms with Gasteiger partial charge in [0.15, 0.2) is 0 Å². The Morgan fingerprint density at radius 3 is 2.65 bits per heavy atom. The van der Waals surface area contributed by atoms with Crippen LogP contribution in [-0.4, -0.2) is 21.9 Å². The number of aliphatic hydroxyl groups is 1. The Labute approximate surface area is 118 Å². The molecule has 0 aliphatic carbocycles. The molecule has 2 rings (SSSR count). The SMILES string of the molecule is C/C(=C\c1[nH]c(C)cc1C)c1cc(O)ccc1NCO. The number of rotatable bonds is 4. The number of hydrogen-bond donors (Lipinski definition) is 4. The highest BCUT2D eigenvalue weighted by molar-refractivity contribution is 5.86. The van der Waals surface area contributed by atoms with Crippen molar-refractivity contribution in [1.82, 2.24) is 4.98 Å². The summed E-state index contributed by atoms with van der Waals surface area (Å²) in [5, 5.41) is 21.6. The second-order valence-corrected chi connectivity index (χ2v) is 4.94. The van der Waals surface area contributed by atoms with Crippen LogP contribution in [0, 0.1) is 13.8 Å². The molecular formula is C16H20N2O2. The molecule has 4 nitrogen and oxygen atoms in total. The van der Waals surface area contributed by atoms with Gasteiger partial charge in [-0.15, -0.1) is 0 Å². The number of hydrogen-bond acceptors (Lipinski definition) is 3. The van der Waals surface area contributed by atoms with E-state index in [1.807, 2.05) is 19.9 Å². The fourth-order valence-electron chi connectivity index (χ4n) is 2.29. The van der Waals surface area contributed by atoms with Crippen molar-refractivity contribution >= 4 is 17.3 Å². The van der Waals surface area contributed by atoms with Crippen LogP contribution in [0.2, 0.25) is 0 Å². The maximum Gasteiger partial charge on any atom is 0.116 e. The number of aromatic amines is 1. The predicted octanol–water partition coefficient (Wildman–Crippen LogP) is 3.26. The minimum absolute atomic E-state index is 0.147. The molecule has 0 saturated carbocycles. The van der Waals surface area contributed by atoms with E-state index in [4.69, 9.17) is 5.11 Å². The second kappa shape index (κ2) is 5.84. The average molecular weight is 272 g/mol. The van der Waals surface area contributed by atoms with Crippen LogP contribution in [0.25, 0.3) is 11.6 Å². The number of aromatic nitrogens is 1. The highest BCUT2D eigenvalue weighted by atomic mass is 16.3. The summed E-state index contributed by atoms with van der Waals surface area (Å²) in [6.07, 6.45) is 2.04. The molecule has 20 heavy (non-hydrogen) atoms. The summed E-state index contributed by atoms with van der Waals surface area (Å²) in [5.41, 5.74) is 6.01. The van der Waals surface area contributed by atoms with Gasteiger partial charge in [0.05, 0.1) is 0 Å². The van der Waals surface area contributed by atoms with Crippen LogP contribution in [0.4, 0.5) is 5.69 Å². The third-order valence-corrected chi connectivity index (χ3v) is 3.25. The number of H-pyrrole nitrogens is 1. The average Bonchev–Trinajstić information content (AvgIpc) is 2.70. The summed E-state index contributed by atoms with van der Waals surface area (Å²) in [6.45, 7) is 5.91. The molecule has 106 valence electrons. The van der Waals surface area contributed by atoms with Crippen molar-refractivity contribution in [2.24, 2.45) is 0 Å². The van der Waals surface area contributed by atoms with Gasteiger partial charge in [-0.3, -0.25) is 0 Å². The number of aromatic hydroxyl groups is 1. The number of benzene rings is 1. The van der Waals surface area contributed by atoms with Crippen LogP contribution in [0.5, 0.6) is 5.75 Å². The summed E-state index contributed by atoms with van der Waals surface area (Å²) in [7, 11) is 0. The van der Waals surface area contributed by atoms with Crippen molar-refractivity contribution in [2.45, 2.75) is 20.8 Å². The minimum atomic E-state index is -0.147. The van der Waals surface area contributed by atoms with E-state index in [2.05, 4.69) is 23.3 Å². The van der Waals surface area contributed by atoms with Gasteiger partial charge in [0, 0.05) is 22.6 Å². The lowest BCUT2D eigenvalue weighted by Gasteiger charge is -2.11. The molecule has 1 aromatic heterocycles. The molecule has 0 fully saturated rings. The van der Waals surface area contributed by atoms with Crippen molar-refractivity contribution in [2.75, 3.05) is 12.0 Å². The number of aliphatic hydroxyl groups excluding tert-OH is 1. The zero-order chi connectivity index (χ0) is 14.7. The Hall–Kier alpha value is -2.20. The molecule has 0 saturated heterocycles. The molecule has 0 unspecified atom stereocenters. The molecule has 0 amide bonds. The molecule has 0 aliphatic heterocycles. The molecule has 4 N–H and O–H groups in total. The van der Waals surface area contributed by atoms with E-state index in [1.165, 1.54) is 5.56 Å². The smallest absolute Gasteiger partial charge is 0.116 e. The van der Waals surface area contributed by atoms with E-state index < -0.39 is 0 Å². The molecule has 0 spiro atoms. The van der Waals surface area contributed by atoms with Gasteiger partial charge >= 0.3 is 0 Å².